The summed E-state index contributed by atoms with van der Waals surface area (Å²) in [5.74, 6) is 0.0513. The fourth-order valence-corrected chi connectivity index (χ4v) is 2.74. The molecule has 1 aliphatic rings. The summed E-state index contributed by atoms with van der Waals surface area (Å²) in [4.78, 5) is 18.7. The highest BCUT2D eigenvalue weighted by atomic mass is 19.1. The molecule has 0 bridgehead atoms. The average Bonchev–Trinajstić information content (AvgIpc) is 2.56. The Morgan fingerprint density at radius 1 is 1.26 bits per heavy atom. The number of halogens is 1. The number of aromatic nitrogens is 1. The van der Waals surface area contributed by atoms with Gasteiger partial charge in [-0.2, -0.15) is 0 Å². The second-order valence-corrected chi connectivity index (χ2v) is 6.04. The van der Waals surface area contributed by atoms with Crippen LogP contribution in [-0.2, 0) is 0 Å². The minimum Gasteiger partial charge on any atom is -0.370 e. The number of anilines is 2. The number of rotatable bonds is 3. The predicted octanol–water partition coefficient (Wildman–Crippen LogP) is 3.71. The van der Waals surface area contributed by atoms with Gasteiger partial charge in [0.05, 0.1) is 11.9 Å². The molecule has 1 aliphatic heterocycles. The molecule has 120 valence electrons. The Hall–Kier alpha value is -2.43. The van der Waals surface area contributed by atoms with E-state index in [1.165, 1.54) is 25.0 Å². The molecule has 0 atom stereocenters. The minimum absolute atomic E-state index is 0.323. The third-order valence-electron chi connectivity index (χ3n) is 4.21. The van der Waals surface area contributed by atoms with E-state index in [2.05, 4.69) is 22.1 Å². The first-order valence-corrected chi connectivity index (χ1v) is 7.90. The quantitative estimate of drug-likeness (QED) is 0.939. The van der Waals surface area contributed by atoms with Gasteiger partial charge in [-0.15, -0.1) is 0 Å². The number of hydrogen-bond acceptors (Lipinski definition) is 3. The van der Waals surface area contributed by atoms with Crippen molar-refractivity contribution in [1.82, 2.24) is 4.98 Å². The van der Waals surface area contributed by atoms with Crippen molar-refractivity contribution >= 4 is 17.3 Å². The van der Waals surface area contributed by atoms with Gasteiger partial charge in [-0.3, -0.25) is 4.79 Å². The molecule has 1 amide bonds. The monoisotopic (exact) mass is 313 g/mol. The molecule has 1 aromatic heterocycles. The predicted molar refractivity (Wildman–Crippen MR) is 89.2 cm³/mol. The topological polar surface area (TPSA) is 45.2 Å². The molecule has 2 heterocycles. The lowest BCUT2D eigenvalue weighted by atomic mass is 9.99. The zero-order valence-electron chi connectivity index (χ0n) is 13.1. The number of carbonyl (C=O) groups excluding carboxylic acids is 1. The van der Waals surface area contributed by atoms with Crippen molar-refractivity contribution in [2.45, 2.75) is 19.8 Å². The summed E-state index contributed by atoms with van der Waals surface area (Å²) in [6.07, 6.45) is 4.10. The second-order valence-electron chi connectivity index (χ2n) is 6.04. The van der Waals surface area contributed by atoms with E-state index in [9.17, 15) is 9.18 Å². The van der Waals surface area contributed by atoms with Crippen LogP contribution in [0.5, 0.6) is 0 Å². The molecule has 1 fully saturated rings. The SMILES string of the molecule is CC1CCN(c2ccc(C(=O)Nc3cccc(F)c3)nc2)CC1. The van der Waals surface area contributed by atoms with Crippen molar-refractivity contribution in [3.63, 3.8) is 0 Å². The lowest BCUT2D eigenvalue weighted by Crippen LogP contribution is -2.32. The normalized spacial score (nSPS) is 15.5. The number of benzene rings is 1. The molecule has 5 heteroatoms. The van der Waals surface area contributed by atoms with Gasteiger partial charge < -0.3 is 10.2 Å². The Labute approximate surface area is 135 Å². The highest BCUT2D eigenvalue weighted by Crippen LogP contribution is 2.22. The molecule has 0 aliphatic carbocycles. The largest absolute Gasteiger partial charge is 0.370 e. The molecular formula is C18H20FN3O. The average molecular weight is 313 g/mol. The summed E-state index contributed by atoms with van der Waals surface area (Å²) in [5.41, 5.74) is 1.79. The number of amides is 1. The van der Waals surface area contributed by atoms with Crippen LogP contribution in [0.4, 0.5) is 15.8 Å². The van der Waals surface area contributed by atoms with Gasteiger partial charge in [-0.25, -0.2) is 9.37 Å². The van der Waals surface area contributed by atoms with Gasteiger partial charge in [0.2, 0.25) is 0 Å². The molecule has 1 N–H and O–H groups in total. The first-order valence-electron chi connectivity index (χ1n) is 7.90. The van der Waals surface area contributed by atoms with Crippen LogP contribution in [0.2, 0.25) is 0 Å². The third kappa shape index (κ3) is 3.86. The lowest BCUT2D eigenvalue weighted by Gasteiger charge is -2.31. The minimum atomic E-state index is -0.384. The maximum absolute atomic E-state index is 13.1. The van der Waals surface area contributed by atoms with Gasteiger partial charge in [-0.1, -0.05) is 13.0 Å². The van der Waals surface area contributed by atoms with Crippen LogP contribution in [0.25, 0.3) is 0 Å². The van der Waals surface area contributed by atoms with E-state index in [0.717, 1.165) is 24.7 Å². The Morgan fingerprint density at radius 3 is 2.70 bits per heavy atom. The maximum atomic E-state index is 13.1. The Bertz CT molecular complexity index is 679. The van der Waals surface area contributed by atoms with Gasteiger partial charge in [0.15, 0.2) is 0 Å². The highest BCUT2D eigenvalue weighted by molar-refractivity contribution is 6.02. The standard InChI is InChI=1S/C18H20FN3O/c1-13-7-9-22(10-8-13)16-5-6-17(20-12-16)18(23)21-15-4-2-3-14(19)11-15/h2-6,11-13H,7-10H2,1H3,(H,21,23). The van der Waals surface area contributed by atoms with E-state index < -0.39 is 0 Å². The Morgan fingerprint density at radius 2 is 2.04 bits per heavy atom. The fourth-order valence-electron chi connectivity index (χ4n) is 2.74. The first-order chi connectivity index (χ1) is 11.1. The summed E-state index contributed by atoms with van der Waals surface area (Å²) < 4.78 is 13.1. The third-order valence-corrected chi connectivity index (χ3v) is 4.21. The molecular weight excluding hydrogens is 293 g/mol. The highest BCUT2D eigenvalue weighted by Gasteiger charge is 2.17. The van der Waals surface area contributed by atoms with Crippen molar-refractivity contribution < 1.29 is 9.18 Å². The number of pyridine rings is 1. The van der Waals surface area contributed by atoms with Crippen molar-refractivity contribution in [2.24, 2.45) is 5.92 Å². The van der Waals surface area contributed by atoms with E-state index in [1.54, 1.807) is 24.4 Å². The van der Waals surface area contributed by atoms with Crippen LogP contribution in [-0.4, -0.2) is 24.0 Å². The number of carbonyl (C=O) groups is 1. The number of hydrogen-bond donors (Lipinski definition) is 1. The molecule has 4 nitrogen and oxygen atoms in total. The van der Waals surface area contributed by atoms with E-state index >= 15 is 0 Å². The molecule has 1 aromatic carbocycles. The van der Waals surface area contributed by atoms with Crippen molar-refractivity contribution in [1.29, 1.82) is 0 Å². The first kappa shape index (κ1) is 15.5. The molecule has 1 saturated heterocycles. The number of piperidine rings is 1. The number of nitrogens with one attached hydrogen (secondary N) is 1. The molecule has 2 aromatic rings. The van der Waals surface area contributed by atoms with E-state index in [0.29, 0.717) is 11.4 Å². The zero-order chi connectivity index (χ0) is 16.2. The molecule has 0 radical (unpaired) electrons. The fraction of sp³-hybridized carbons (Fsp3) is 0.333. The van der Waals surface area contributed by atoms with E-state index in [-0.39, 0.29) is 11.7 Å². The van der Waals surface area contributed by atoms with Crippen molar-refractivity contribution in [3.05, 3.63) is 54.1 Å². The van der Waals surface area contributed by atoms with Crippen molar-refractivity contribution in [3.8, 4) is 0 Å². The van der Waals surface area contributed by atoms with Crippen LogP contribution in [0.15, 0.2) is 42.6 Å². The summed E-state index contributed by atoms with van der Waals surface area (Å²) in [6.45, 7) is 4.32. The Balaban J connectivity index is 1.65. The van der Waals surface area contributed by atoms with Crippen LogP contribution < -0.4 is 10.2 Å². The maximum Gasteiger partial charge on any atom is 0.274 e. The van der Waals surface area contributed by atoms with Crippen LogP contribution in [0.1, 0.15) is 30.3 Å². The number of nitrogens with zero attached hydrogens (tertiary/aromatic N) is 2. The zero-order valence-corrected chi connectivity index (χ0v) is 13.1. The van der Waals surface area contributed by atoms with Gasteiger partial charge >= 0.3 is 0 Å². The second kappa shape index (κ2) is 6.77. The summed E-state index contributed by atoms with van der Waals surface area (Å²) in [7, 11) is 0. The molecule has 3 rings (SSSR count). The smallest absolute Gasteiger partial charge is 0.274 e. The van der Waals surface area contributed by atoms with Gasteiger partial charge in [0.1, 0.15) is 11.5 Å². The summed E-state index contributed by atoms with van der Waals surface area (Å²) >= 11 is 0. The van der Waals surface area contributed by atoms with Crippen LogP contribution in [0.3, 0.4) is 0 Å². The summed E-state index contributed by atoms with van der Waals surface area (Å²) in [5, 5.41) is 2.65. The van der Waals surface area contributed by atoms with Crippen LogP contribution in [0, 0.1) is 11.7 Å². The molecule has 23 heavy (non-hydrogen) atoms. The van der Waals surface area contributed by atoms with Gasteiger partial charge in [0.25, 0.3) is 5.91 Å². The lowest BCUT2D eigenvalue weighted by molar-refractivity contribution is 0.102. The Kier molecular flexibility index (Phi) is 4.55. The van der Waals surface area contributed by atoms with Crippen LogP contribution >= 0.6 is 0 Å². The van der Waals surface area contributed by atoms with Gasteiger partial charge in [0, 0.05) is 18.8 Å². The van der Waals surface area contributed by atoms with E-state index in [1.807, 2.05) is 6.07 Å². The molecule has 0 spiro atoms. The molecule has 0 saturated carbocycles. The summed E-state index contributed by atoms with van der Waals surface area (Å²) in [6, 6.07) is 9.44. The van der Waals surface area contributed by atoms with Gasteiger partial charge in [-0.05, 0) is 49.1 Å². The van der Waals surface area contributed by atoms with E-state index in [4.69, 9.17) is 0 Å². The molecule has 0 unspecified atom stereocenters. The van der Waals surface area contributed by atoms with Crippen molar-refractivity contribution in [2.75, 3.05) is 23.3 Å².